The van der Waals surface area contributed by atoms with Gasteiger partial charge >= 0.3 is 24.0 Å². The van der Waals surface area contributed by atoms with E-state index in [1.54, 1.807) is 6.92 Å². The molecule has 0 radical (unpaired) electrons. The summed E-state index contributed by atoms with van der Waals surface area (Å²) in [5.74, 6) is -4.51. The number of sulfone groups is 1. The predicted octanol–water partition coefficient (Wildman–Crippen LogP) is 6.31. The number of aliphatic carboxylic acids is 1. The summed E-state index contributed by atoms with van der Waals surface area (Å²) in [5, 5.41) is 9.34. The van der Waals surface area contributed by atoms with Gasteiger partial charge < -0.3 is 14.7 Å². The lowest BCUT2D eigenvalue weighted by atomic mass is 9.70. The smallest absolute Gasteiger partial charge is 0.435 e. The number of likely N-dealkylation sites (tertiary alicyclic amines) is 1. The van der Waals surface area contributed by atoms with Crippen molar-refractivity contribution in [3.8, 4) is 5.75 Å². The van der Waals surface area contributed by atoms with Crippen molar-refractivity contribution in [3.05, 3.63) is 59.4 Å². The maximum absolute atomic E-state index is 15.0. The number of rotatable bonds is 5. The topological polar surface area (TPSA) is 101 Å². The number of ether oxygens (including phenoxy) is 1. The third-order valence-corrected chi connectivity index (χ3v) is 12.4. The van der Waals surface area contributed by atoms with Gasteiger partial charge in [0.25, 0.3) is 0 Å². The van der Waals surface area contributed by atoms with E-state index >= 15 is 0 Å². The first-order chi connectivity index (χ1) is 21.2. The highest BCUT2D eigenvalue weighted by atomic mass is 32.2. The molecule has 1 N–H and O–H groups in total. The summed E-state index contributed by atoms with van der Waals surface area (Å²) in [4.78, 5) is 26.2. The summed E-state index contributed by atoms with van der Waals surface area (Å²) in [7, 11) is -4.61. The van der Waals surface area contributed by atoms with Crippen molar-refractivity contribution in [2.24, 2.45) is 17.3 Å². The SMILES string of the molecule is CC1(C(=O)N2CCC3(S(=O)(=O)c4ccc(F)cc4)c4ccc(C(F)(C(F)(F)F)C(F)(F)F)cc4OCC3C2)CCC(C(=O)O)CC1. The van der Waals surface area contributed by atoms with E-state index in [2.05, 4.69) is 0 Å². The van der Waals surface area contributed by atoms with Gasteiger partial charge in [-0.25, -0.2) is 17.2 Å². The zero-order chi connectivity index (χ0) is 34.1. The third-order valence-electron chi connectivity index (χ3n) is 9.76. The second-order valence-corrected chi connectivity index (χ2v) is 14.6. The molecule has 2 fully saturated rings. The number of benzene rings is 2. The van der Waals surface area contributed by atoms with Crippen molar-refractivity contribution in [3.63, 3.8) is 0 Å². The van der Waals surface area contributed by atoms with Gasteiger partial charge in [0.2, 0.25) is 5.91 Å². The molecule has 1 saturated carbocycles. The first kappa shape index (κ1) is 33.9. The lowest BCUT2D eigenvalue weighted by Gasteiger charge is -2.51. The largest absolute Gasteiger partial charge is 0.493 e. The van der Waals surface area contributed by atoms with Crippen molar-refractivity contribution in [2.45, 2.75) is 66.7 Å². The van der Waals surface area contributed by atoms with Gasteiger partial charge in [0.05, 0.1) is 17.4 Å². The monoisotopic (exact) mass is 683 g/mol. The molecule has 2 aliphatic heterocycles. The minimum absolute atomic E-state index is 0.201. The Kier molecular flexibility index (Phi) is 8.17. The third kappa shape index (κ3) is 5.10. The molecule has 1 amide bonds. The summed E-state index contributed by atoms with van der Waals surface area (Å²) >= 11 is 0. The average Bonchev–Trinajstić information content (AvgIpc) is 2.98. The highest BCUT2D eigenvalue weighted by molar-refractivity contribution is 7.92. The number of carboxylic acid groups (broad SMARTS) is 1. The maximum atomic E-state index is 15.0. The Labute approximate surface area is 258 Å². The van der Waals surface area contributed by atoms with Gasteiger partial charge in [-0.05, 0) is 62.4 Å². The quantitative estimate of drug-likeness (QED) is 0.293. The molecule has 0 bridgehead atoms. The Hall–Kier alpha value is -3.43. The Morgan fingerprint density at radius 2 is 1.52 bits per heavy atom. The zero-order valence-electron chi connectivity index (χ0n) is 24.2. The molecule has 1 saturated heterocycles. The maximum Gasteiger partial charge on any atom is 0.435 e. The van der Waals surface area contributed by atoms with E-state index in [-0.39, 0.29) is 73.7 Å². The van der Waals surface area contributed by atoms with E-state index in [1.807, 2.05) is 0 Å². The van der Waals surface area contributed by atoms with Gasteiger partial charge in [-0.1, -0.05) is 19.1 Å². The second kappa shape index (κ2) is 11.1. The molecule has 2 aromatic carbocycles. The van der Waals surface area contributed by atoms with Crippen LogP contribution in [-0.4, -0.2) is 62.3 Å². The lowest BCUT2D eigenvalue weighted by Crippen LogP contribution is -2.60. The minimum Gasteiger partial charge on any atom is -0.493 e. The van der Waals surface area contributed by atoms with E-state index in [9.17, 15) is 58.2 Å². The number of carboxylic acids is 1. The minimum atomic E-state index is -6.42. The van der Waals surface area contributed by atoms with Crippen LogP contribution in [0.25, 0.3) is 0 Å². The van der Waals surface area contributed by atoms with E-state index in [0.29, 0.717) is 6.07 Å². The molecule has 3 aliphatic rings. The van der Waals surface area contributed by atoms with Crippen LogP contribution in [0.1, 0.15) is 50.2 Å². The fraction of sp³-hybridized carbons (Fsp3) is 0.533. The molecule has 7 nitrogen and oxygen atoms in total. The van der Waals surface area contributed by atoms with Gasteiger partial charge in [-0.15, -0.1) is 0 Å². The molecular formula is C30H29F8NO6S. The predicted molar refractivity (Wildman–Crippen MR) is 144 cm³/mol. The van der Waals surface area contributed by atoms with Crippen LogP contribution in [-0.2, 0) is 29.8 Å². The van der Waals surface area contributed by atoms with Crippen molar-refractivity contribution in [1.29, 1.82) is 0 Å². The Morgan fingerprint density at radius 1 is 0.935 bits per heavy atom. The molecular weight excluding hydrogens is 654 g/mol. The standard InChI is InChI=1S/C30H29F8NO6S/c1-26(10-8-17(9-11-26)24(40)41)25(42)39-13-12-27(46(43,44)21-5-3-20(31)4-6-21)19(15-39)16-45-23-14-18(2-7-22(23)27)28(32,29(33,34)35)30(36,37)38/h2-7,14,17,19H,8-13,15-16H2,1H3,(H,40,41). The fourth-order valence-electron chi connectivity index (χ4n) is 7.04. The summed E-state index contributed by atoms with van der Waals surface area (Å²) in [5.41, 5.74) is -8.91. The molecule has 46 heavy (non-hydrogen) atoms. The number of nitrogens with zero attached hydrogens (tertiary/aromatic N) is 1. The van der Waals surface area contributed by atoms with Crippen molar-refractivity contribution in [1.82, 2.24) is 4.90 Å². The molecule has 0 spiro atoms. The Morgan fingerprint density at radius 3 is 2.07 bits per heavy atom. The first-order valence-electron chi connectivity index (χ1n) is 14.3. The van der Waals surface area contributed by atoms with Crippen LogP contribution in [0.3, 0.4) is 0 Å². The lowest BCUT2D eigenvalue weighted by molar-refractivity contribution is -0.348. The number of alkyl halides is 7. The normalized spacial score (nSPS) is 27.3. The summed E-state index contributed by atoms with van der Waals surface area (Å²) in [6, 6.07) is 4.80. The van der Waals surface area contributed by atoms with E-state index < -0.39 is 79.6 Å². The summed E-state index contributed by atoms with van der Waals surface area (Å²) in [6.45, 7) is 0.669. The summed E-state index contributed by atoms with van der Waals surface area (Å²) in [6.07, 6.45) is -12.2. The molecule has 5 rings (SSSR count). The number of hydrogen-bond donors (Lipinski definition) is 1. The van der Waals surface area contributed by atoms with E-state index in [1.165, 1.54) is 4.90 Å². The van der Waals surface area contributed by atoms with Crippen LogP contribution in [0.2, 0.25) is 0 Å². The number of piperidine rings is 1. The van der Waals surface area contributed by atoms with Gasteiger partial charge in [0.15, 0.2) is 9.84 Å². The highest BCUT2D eigenvalue weighted by Gasteiger charge is 2.74. The van der Waals surface area contributed by atoms with Crippen molar-refractivity contribution in [2.75, 3.05) is 19.7 Å². The molecule has 0 aromatic heterocycles. The summed E-state index contributed by atoms with van der Waals surface area (Å²) < 4.78 is 142. The number of carbonyl (C=O) groups excluding carboxylic acids is 1. The van der Waals surface area contributed by atoms with Crippen LogP contribution in [0.4, 0.5) is 35.1 Å². The Bertz CT molecular complexity index is 1620. The number of amides is 1. The molecule has 1 aliphatic carbocycles. The number of fused-ring (bicyclic) bond motifs is 3. The number of carbonyl (C=O) groups is 2. The molecule has 2 aromatic rings. The average molecular weight is 684 g/mol. The first-order valence-corrected chi connectivity index (χ1v) is 15.8. The highest BCUT2D eigenvalue weighted by Crippen LogP contribution is 2.57. The van der Waals surface area contributed by atoms with Crippen LogP contribution in [0.15, 0.2) is 47.4 Å². The fourth-order valence-corrected chi connectivity index (χ4v) is 9.35. The van der Waals surface area contributed by atoms with Crippen molar-refractivity contribution >= 4 is 21.7 Å². The molecule has 252 valence electrons. The second-order valence-electron chi connectivity index (χ2n) is 12.4. The molecule has 2 atom stereocenters. The van der Waals surface area contributed by atoms with E-state index in [4.69, 9.17) is 4.74 Å². The number of halogens is 8. The van der Waals surface area contributed by atoms with E-state index in [0.717, 1.165) is 24.3 Å². The Balaban J connectivity index is 1.58. The number of hydrogen-bond acceptors (Lipinski definition) is 5. The van der Waals surface area contributed by atoms with Crippen LogP contribution >= 0.6 is 0 Å². The molecule has 2 unspecified atom stereocenters. The van der Waals surface area contributed by atoms with Crippen LogP contribution in [0, 0.1) is 23.1 Å². The zero-order valence-corrected chi connectivity index (χ0v) is 25.0. The van der Waals surface area contributed by atoms with Gasteiger partial charge in [0, 0.05) is 35.5 Å². The van der Waals surface area contributed by atoms with Crippen LogP contribution in [0.5, 0.6) is 5.75 Å². The van der Waals surface area contributed by atoms with Gasteiger partial charge in [-0.3, -0.25) is 9.59 Å². The van der Waals surface area contributed by atoms with Gasteiger partial charge in [-0.2, -0.15) is 26.3 Å². The van der Waals surface area contributed by atoms with Crippen LogP contribution < -0.4 is 4.74 Å². The molecule has 2 heterocycles. The molecule has 16 heteroatoms. The van der Waals surface area contributed by atoms with Crippen molar-refractivity contribution < 1.29 is 63.0 Å². The van der Waals surface area contributed by atoms with Gasteiger partial charge in [0.1, 0.15) is 16.3 Å².